The summed E-state index contributed by atoms with van der Waals surface area (Å²) in [6.07, 6.45) is -1.91. The zero-order valence-electron chi connectivity index (χ0n) is 13.1. The summed E-state index contributed by atoms with van der Waals surface area (Å²) in [6.45, 7) is -2.00. The highest BCUT2D eigenvalue weighted by Gasteiger charge is 2.27. The number of alkyl halides is 3. The fraction of sp³-hybridized carbons (Fsp3) is 0.333. The SMILES string of the molecule is COc1ccc(/C=C/C(=O)NCC(=O)NCC(F)(F)F)c(OC)c1. The van der Waals surface area contributed by atoms with E-state index in [0.29, 0.717) is 17.1 Å². The molecule has 0 bridgehead atoms. The highest BCUT2D eigenvalue weighted by molar-refractivity contribution is 5.94. The maximum Gasteiger partial charge on any atom is 0.405 e. The molecule has 0 aliphatic heterocycles. The van der Waals surface area contributed by atoms with Crippen molar-refractivity contribution in [3.05, 3.63) is 29.8 Å². The van der Waals surface area contributed by atoms with Gasteiger partial charge in [0.25, 0.3) is 0 Å². The fourth-order valence-corrected chi connectivity index (χ4v) is 1.61. The number of carbonyl (C=O) groups is 2. The number of amides is 2. The molecule has 0 atom stereocenters. The summed E-state index contributed by atoms with van der Waals surface area (Å²) in [5.74, 6) is -0.512. The summed E-state index contributed by atoms with van der Waals surface area (Å²) in [6, 6.07) is 4.96. The van der Waals surface area contributed by atoms with Gasteiger partial charge in [0.1, 0.15) is 18.0 Å². The number of benzene rings is 1. The molecule has 0 aromatic heterocycles. The molecule has 0 heterocycles. The van der Waals surface area contributed by atoms with E-state index in [4.69, 9.17) is 9.47 Å². The van der Waals surface area contributed by atoms with Crippen LogP contribution in [-0.2, 0) is 9.59 Å². The van der Waals surface area contributed by atoms with E-state index < -0.39 is 31.1 Å². The lowest BCUT2D eigenvalue weighted by molar-refractivity contribution is -0.138. The summed E-state index contributed by atoms with van der Waals surface area (Å²) < 4.78 is 45.9. The highest BCUT2D eigenvalue weighted by atomic mass is 19.4. The van der Waals surface area contributed by atoms with Crippen LogP contribution >= 0.6 is 0 Å². The minimum absolute atomic E-state index is 0.473. The predicted molar refractivity (Wildman–Crippen MR) is 80.7 cm³/mol. The van der Waals surface area contributed by atoms with Crippen LogP contribution in [0, 0.1) is 0 Å². The van der Waals surface area contributed by atoms with Crippen LogP contribution in [0.2, 0.25) is 0 Å². The Morgan fingerprint density at radius 3 is 2.46 bits per heavy atom. The van der Waals surface area contributed by atoms with E-state index in [-0.39, 0.29) is 0 Å². The first-order valence-corrected chi connectivity index (χ1v) is 6.76. The Labute approximate surface area is 136 Å². The van der Waals surface area contributed by atoms with Gasteiger partial charge in [-0.15, -0.1) is 0 Å². The van der Waals surface area contributed by atoms with Crippen LogP contribution in [0.1, 0.15) is 5.56 Å². The van der Waals surface area contributed by atoms with Crippen molar-refractivity contribution in [3.8, 4) is 11.5 Å². The molecule has 0 unspecified atom stereocenters. The fourth-order valence-electron chi connectivity index (χ4n) is 1.61. The number of halogens is 3. The van der Waals surface area contributed by atoms with Crippen molar-refractivity contribution in [2.45, 2.75) is 6.18 Å². The maximum atomic E-state index is 11.9. The first-order valence-electron chi connectivity index (χ1n) is 6.76. The molecule has 0 aliphatic rings. The molecule has 0 fully saturated rings. The van der Waals surface area contributed by atoms with E-state index >= 15 is 0 Å². The molecule has 1 rings (SSSR count). The van der Waals surface area contributed by atoms with Crippen LogP contribution in [0.15, 0.2) is 24.3 Å². The standard InChI is InChI=1S/C15H17F3N2O4/c1-23-11-5-3-10(12(7-11)24-2)4-6-13(21)19-8-14(22)20-9-15(16,17)18/h3-7H,8-9H2,1-2H3,(H,19,21)(H,20,22)/b6-4+. The molecule has 0 radical (unpaired) electrons. The Bertz CT molecular complexity index is 615. The Hall–Kier alpha value is -2.71. The second kappa shape index (κ2) is 8.80. The van der Waals surface area contributed by atoms with Gasteiger partial charge < -0.3 is 20.1 Å². The molecule has 6 nitrogen and oxygen atoms in total. The Kier molecular flexibility index (Phi) is 7.09. The van der Waals surface area contributed by atoms with Crippen LogP contribution in [-0.4, -0.2) is 45.3 Å². The molecule has 0 aliphatic carbocycles. The second-order valence-electron chi connectivity index (χ2n) is 4.55. The minimum Gasteiger partial charge on any atom is -0.497 e. The molecular formula is C15H17F3N2O4. The average molecular weight is 346 g/mol. The summed E-state index contributed by atoms with van der Waals surface area (Å²) in [5.41, 5.74) is 0.593. The molecule has 1 aromatic carbocycles. The van der Waals surface area contributed by atoms with Gasteiger partial charge in [-0.25, -0.2) is 0 Å². The zero-order chi connectivity index (χ0) is 18.2. The van der Waals surface area contributed by atoms with Gasteiger partial charge in [0, 0.05) is 17.7 Å². The highest BCUT2D eigenvalue weighted by Crippen LogP contribution is 2.25. The summed E-state index contributed by atoms with van der Waals surface area (Å²) in [4.78, 5) is 22.7. The Balaban J connectivity index is 2.53. The van der Waals surface area contributed by atoms with Gasteiger partial charge >= 0.3 is 6.18 Å². The van der Waals surface area contributed by atoms with Gasteiger partial charge in [-0.3, -0.25) is 9.59 Å². The number of carbonyl (C=O) groups excluding carboxylic acids is 2. The zero-order valence-corrected chi connectivity index (χ0v) is 13.1. The number of hydrogen-bond acceptors (Lipinski definition) is 4. The first-order chi connectivity index (χ1) is 11.2. The number of nitrogens with one attached hydrogen (secondary N) is 2. The van der Waals surface area contributed by atoms with E-state index in [9.17, 15) is 22.8 Å². The largest absolute Gasteiger partial charge is 0.497 e. The van der Waals surface area contributed by atoms with E-state index in [1.54, 1.807) is 23.5 Å². The summed E-state index contributed by atoms with van der Waals surface area (Å²) in [7, 11) is 2.96. The van der Waals surface area contributed by atoms with Crippen molar-refractivity contribution in [1.29, 1.82) is 0 Å². The van der Waals surface area contributed by atoms with Crippen LogP contribution < -0.4 is 20.1 Å². The van der Waals surface area contributed by atoms with Gasteiger partial charge in [-0.2, -0.15) is 13.2 Å². The molecule has 2 N–H and O–H groups in total. The van der Waals surface area contributed by atoms with Gasteiger partial charge in [0.15, 0.2) is 0 Å². The summed E-state index contributed by atoms with van der Waals surface area (Å²) in [5, 5.41) is 3.82. The molecule has 132 valence electrons. The van der Waals surface area contributed by atoms with E-state index in [1.165, 1.54) is 20.3 Å². The normalized spacial score (nSPS) is 11.2. The Morgan fingerprint density at radius 2 is 1.88 bits per heavy atom. The third kappa shape index (κ3) is 7.03. The van der Waals surface area contributed by atoms with Crippen molar-refractivity contribution in [2.24, 2.45) is 0 Å². The minimum atomic E-state index is -4.50. The van der Waals surface area contributed by atoms with Gasteiger partial charge in [-0.1, -0.05) is 0 Å². The smallest absolute Gasteiger partial charge is 0.405 e. The van der Waals surface area contributed by atoms with Crippen LogP contribution in [0.5, 0.6) is 11.5 Å². The van der Waals surface area contributed by atoms with Crippen LogP contribution in [0.4, 0.5) is 13.2 Å². The summed E-state index contributed by atoms with van der Waals surface area (Å²) >= 11 is 0. The van der Waals surface area contributed by atoms with E-state index in [0.717, 1.165) is 6.08 Å². The van der Waals surface area contributed by atoms with Crippen molar-refractivity contribution in [1.82, 2.24) is 10.6 Å². The number of ether oxygens (including phenoxy) is 2. The average Bonchev–Trinajstić information content (AvgIpc) is 2.55. The van der Waals surface area contributed by atoms with E-state index in [1.807, 2.05) is 0 Å². The lowest BCUT2D eigenvalue weighted by Gasteiger charge is -2.08. The molecule has 0 saturated heterocycles. The van der Waals surface area contributed by atoms with Gasteiger partial charge in [0.05, 0.1) is 20.8 Å². The quantitative estimate of drug-likeness (QED) is 0.734. The van der Waals surface area contributed by atoms with Gasteiger partial charge in [0.2, 0.25) is 11.8 Å². The van der Waals surface area contributed by atoms with Crippen LogP contribution in [0.3, 0.4) is 0 Å². The molecule has 9 heteroatoms. The molecule has 1 aromatic rings. The second-order valence-corrected chi connectivity index (χ2v) is 4.55. The predicted octanol–water partition coefficient (Wildman–Crippen LogP) is 1.51. The monoisotopic (exact) mass is 346 g/mol. The number of hydrogen-bond donors (Lipinski definition) is 2. The third-order valence-electron chi connectivity index (χ3n) is 2.76. The van der Waals surface area contributed by atoms with Crippen molar-refractivity contribution < 1.29 is 32.2 Å². The van der Waals surface area contributed by atoms with Gasteiger partial charge in [-0.05, 0) is 18.2 Å². The molecular weight excluding hydrogens is 329 g/mol. The Morgan fingerprint density at radius 1 is 1.17 bits per heavy atom. The molecule has 2 amide bonds. The van der Waals surface area contributed by atoms with Crippen molar-refractivity contribution in [3.63, 3.8) is 0 Å². The third-order valence-corrected chi connectivity index (χ3v) is 2.76. The maximum absolute atomic E-state index is 11.9. The van der Waals surface area contributed by atoms with Crippen LogP contribution in [0.25, 0.3) is 6.08 Å². The number of rotatable bonds is 7. The molecule has 0 spiro atoms. The topological polar surface area (TPSA) is 76.7 Å². The van der Waals surface area contributed by atoms with E-state index in [2.05, 4.69) is 5.32 Å². The van der Waals surface area contributed by atoms with Crippen molar-refractivity contribution in [2.75, 3.05) is 27.3 Å². The first kappa shape index (κ1) is 19.3. The molecule has 0 saturated carbocycles. The molecule has 24 heavy (non-hydrogen) atoms. The lowest BCUT2D eigenvalue weighted by atomic mass is 10.1. The van der Waals surface area contributed by atoms with Crippen molar-refractivity contribution >= 4 is 17.9 Å². The lowest BCUT2D eigenvalue weighted by Crippen LogP contribution is -2.40. The number of methoxy groups -OCH3 is 2.